The molecule has 3 aromatic carbocycles. The molecule has 0 radical (unpaired) electrons. The summed E-state index contributed by atoms with van der Waals surface area (Å²) in [7, 11) is 0. The average Bonchev–Trinajstić information content (AvgIpc) is 2.97. The standard InChI is InChI=1S/C21H15BrO2S/c22-20-18-11-8-16(23)12-19(18)25-21(20)15-6-9-17(10-7-15)24-13-14-4-2-1-3-5-14/h1-12,23H,13H2. The molecule has 0 bridgehead atoms. The zero-order valence-electron chi connectivity index (χ0n) is 13.3. The molecule has 0 atom stereocenters. The minimum absolute atomic E-state index is 0.289. The van der Waals surface area contributed by atoms with Gasteiger partial charge in [0.15, 0.2) is 0 Å². The molecular formula is C21H15BrO2S. The van der Waals surface area contributed by atoms with Crippen molar-refractivity contribution in [1.82, 2.24) is 0 Å². The van der Waals surface area contributed by atoms with E-state index in [-0.39, 0.29) is 5.75 Å². The van der Waals surface area contributed by atoms with Crippen LogP contribution in [-0.4, -0.2) is 5.11 Å². The first kappa shape index (κ1) is 16.2. The second kappa shape index (κ2) is 6.90. The molecule has 0 aliphatic carbocycles. The number of phenols is 1. The minimum atomic E-state index is 0.289. The van der Waals surface area contributed by atoms with Crippen LogP contribution >= 0.6 is 27.3 Å². The van der Waals surface area contributed by atoms with Gasteiger partial charge < -0.3 is 9.84 Å². The van der Waals surface area contributed by atoms with Gasteiger partial charge in [0.05, 0.1) is 0 Å². The summed E-state index contributed by atoms with van der Waals surface area (Å²) in [6.07, 6.45) is 0. The number of halogens is 1. The predicted molar refractivity (Wildman–Crippen MR) is 107 cm³/mol. The molecule has 1 heterocycles. The Bertz CT molecular complexity index is 1010. The number of ether oxygens (including phenoxy) is 1. The zero-order valence-corrected chi connectivity index (χ0v) is 15.7. The van der Waals surface area contributed by atoms with Gasteiger partial charge in [0.2, 0.25) is 0 Å². The molecule has 0 fully saturated rings. The summed E-state index contributed by atoms with van der Waals surface area (Å²) < 4.78 is 7.97. The first-order valence-corrected chi connectivity index (χ1v) is 9.50. The van der Waals surface area contributed by atoms with E-state index in [1.165, 1.54) is 0 Å². The van der Waals surface area contributed by atoms with Crippen molar-refractivity contribution >= 4 is 37.4 Å². The van der Waals surface area contributed by atoms with E-state index < -0.39 is 0 Å². The normalized spacial score (nSPS) is 10.9. The van der Waals surface area contributed by atoms with E-state index in [1.807, 2.05) is 36.4 Å². The average molecular weight is 411 g/mol. The Balaban J connectivity index is 1.57. The maximum atomic E-state index is 9.67. The van der Waals surface area contributed by atoms with E-state index in [4.69, 9.17) is 4.74 Å². The molecule has 0 amide bonds. The Morgan fingerprint density at radius 3 is 2.44 bits per heavy atom. The fourth-order valence-electron chi connectivity index (χ4n) is 2.68. The SMILES string of the molecule is Oc1ccc2c(Br)c(-c3ccc(OCc4ccccc4)cc3)sc2c1. The van der Waals surface area contributed by atoms with Gasteiger partial charge in [0.1, 0.15) is 18.1 Å². The molecule has 0 unspecified atom stereocenters. The maximum absolute atomic E-state index is 9.67. The van der Waals surface area contributed by atoms with Crippen molar-refractivity contribution in [3.63, 3.8) is 0 Å². The lowest BCUT2D eigenvalue weighted by Crippen LogP contribution is -1.94. The van der Waals surface area contributed by atoms with Gasteiger partial charge in [0, 0.05) is 19.4 Å². The molecule has 1 N–H and O–H groups in total. The van der Waals surface area contributed by atoms with Crippen molar-refractivity contribution in [2.24, 2.45) is 0 Å². The van der Waals surface area contributed by atoms with E-state index in [9.17, 15) is 5.11 Å². The number of hydrogen-bond acceptors (Lipinski definition) is 3. The van der Waals surface area contributed by atoms with Crippen LogP contribution in [0.1, 0.15) is 5.56 Å². The highest BCUT2D eigenvalue weighted by Gasteiger charge is 2.12. The third-order valence-electron chi connectivity index (χ3n) is 3.98. The fraction of sp³-hybridized carbons (Fsp3) is 0.0476. The van der Waals surface area contributed by atoms with Gasteiger partial charge in [0.25, 0.3) is 0 Å². The van der Waals surface area contributed by atoms with Crippen LogP contribution in [0.15, 0.2) is 77.3 Å². The summed E-state index contributed by atoms with van der Waals surface area (Å²) >= 11 is 5.35. The first-order valence-electron chi connectivity index (χ1n) is 7.89. The summed E-state index contributed by atoms with van der Waals surface area (Å²) in [5.41, 5.74) is 2.28. The first-order chi connectivity index (χ1) is 12.2. The van der Waals surface area contributed by atoms with Crippen LogP contribution in [0.4, 0.5) is 0 Å². The van der Waals surface area contributed by atoms with Crippen LogP contribution in [0.3, 0.4) is 0 Å². The molecule has 0 saturated heterocycles. The summed E-state index contributed by atoms with van der Waals surface area (Å²) in [6, 6.07) is 23.7. The van der Waals surface area contributed by atoms with Gasteiger partial charge in [-0.2, -0.15) is 0 Å². The molecule has 0 saturated carbocycles. The number of thiophene rings is 1. The summed E-state index contributed by atoms with van der Waals surface area (Å²) in [4.78, 5) is 1.15. The van der Waals surface area contributed by atoms with Crippen molar-refractivity contribution in [1.29, 1.82) is 0 Å². The van der Waals surface area contributed by atoms with E-state index in [0.29, 0.717) is 6.61 Å². The summed E-state index contributed by atoms with van der Waals surface area (Å²) in [5, 5.41) is 10.8. The molecule has 1 aromatic heterocycles. The molecule has 4 aromatic rings. The quantitative estimate of drug-likeness (QED) is 0.409. The number of fused-ring (bicyclic) bond motifs is 1. The molecule has 4 rings (SSSR count). The number of rotatable bonds is 4. The van der Waals surface area contributed by atoms with Crippen molar-refractivity contribution in [2.45, 2.75) is 6.61 Å². The molecule has 0 aliphatic rings. The van der Waals surface area contributed by atoms with E-state index >= 15 is 0 Å². The Morgan fingerprint density at radius 1 is 0.920 bits per heavy atom. The van der Waals surface area contributed by atoms with E-state index in [2.05, 4.69) is 40.2 Å². The number of benzene rings is 3. The topological polar surface area (TPSA) is 29.5 Å². The van der Waals surface area contributed by atoms with Crippen LogP contribution < -0.4 is 4.74 Å². The van der Waals surface area contributed by atoms with Gasteiger partial charge in [-0.3, -0.25) is 0 Å². The molecule has 2 nitrogen and oxygen atoms in total. The number of hydrogen-bond donors (Lipinski definition) is 1. The Kier molecular flexibility index (Phi) is 4.47. The lowest BCUT2D eigenvalue weighted by atomic mass is 10.1. The Morgan fingerprint density at radius 2 is 1.68 bits per heavy atom. The van der Waals surface area contributed by atoms with Crippen LogP contribution in [0.5, 0.6) is 11.5 Å². The highest BCUT2D eigenvalue weighted by atomic mass is 79.9. The molecule has 4 heteroatoms. The maximum Gasteiger partial charge on any atom is 0.119 e. The monoisotopic (exact) mass is 410 g/mol. The second-order valence-corrected chi connectivity index (χ2v) is 7.57. The van der Waals surface area contributed by atoms with Gasteiger partial charge in [-0.15, -0.1) is 11.3 Å². The van der Waals surface area contributed by atoms with Crippen LogP contribution in [0.2, 0.25) is 0 Å². The zero-order chi connectivity index (χ0) is 17.2. The van der Waals surface area contributed by atoms with E-state index in [0.717, 1.165) is 36.3 Å². The minimum Gasteiger partial charge on any atom is -0.508 e. The van der Waals surface area contributed by atoms with Gasteiger partial charge >= 0.3 is 0 Å². The molecule has 124 valence electrons. The van der Waals surface area contributed by atoms with E-state index in [1.54, 1.807) is 23.5 Å². The van der Waals surface area contributed by atoms with Crippen molar-refractivity contribution in [3.05, 3.63) is 82.8 Å². The van der Waals surface area contributed by atoms with Crippen LogP contribution in [-0.2, 0) is 6.61 Å². The Hall–Kier alpha value is -2.30. The highest BCUT2D eigenvalue weighted by Crippen LogP contribution is 2.43. The third kappa shape index (κ3) is 3.41. The smallest absolute Gasteiger partial charge is 0.119 e. The van der Waals surface area contributed by atoms with Gasteiger partial charge in [-0.25, -0.2) is 0 Å². The lowest BCUT2D eigenvalue weighted by Gasteiger charge is -2.07. The summed E-state index contributed by atoms with van der Waals surface area (Å²) in [6.45, 7) is 0.562. The molecule has 0 aliphatic heterocycles. The lowest BCUT2D eigenvalue weighted by molar-refractivity contribution is 0.306. The second-order valence-electron chi connectivity index (χ2n) is 5.72. The van der Waals surface area contributed by atoms with Crippen LogP contribution in [0, 0.1) is 0 Å². The van der Waals surface area contributed by atoms with Gasteiger partial charge in [-0.1, -0.05) is 30.3 Å². The van der Waals surface area contributed by atoms with Crippen molar-refractivity contribution < 1.29 is 9.84 Å². The van der Waals surface area contributed by atoms with Crippen LogP contribution in [0.25, 0.3) is 20.5 Å². The predicted octanol–water partition coefficient (Wildman–Crippen LogP) is 6.62. The Labute approximate surface area is 158 Å². The summed E-state index contributed by atoms with van der Waals surface area (Å²) in [5.74, 6) is 1.14. The third-order valence-corrected chi connectivity index (χ3v) is 6.27. The van der Waals surface area contributed by atoms with Gasteiger partial charge in [-0.05, 0) is 69.5 Å². The molecule has 0 spiro atoms. The fourth-order valence-corrected chi connectivity index (χ4v) is 4.76. The van der Waals surface area contributed by atoms with Crippen molar-refractivity contribution in [2.75, 3.05) is 0 Å². The molecule has 25 heavy (non-hydrogen) atoms. The molecular weight excluding hydrogens is 396 g/mol. The number of aromatic hydroxyl groups is 1. The number of phenolic OH excluding ortho intramolecular Hbond substituents is 1. The highest BCUT2D eigenvalue weighted by molar-refractivity contribution is 9.10. The van der Waals surface area contributed by atoms with Crippen molar-refractivity contribution in [3.8, 4) is 21.9 Å². The largest absolute Gasteiger partial charge is 0.508 e.